The van der Waals surface area contributed by atoms with Gasteiger partial charge in [-0.3, -0.25) is 4.90 Å². The van der Waals surface area contributed by atoms with Gasteiger partial charge in [0.05, 0.1) is 11.6 Å². The van der Waals surface area contributed by atoms with E-state index in [0.717, 1.165) is 42.2 Å². The highest BCUT2D eigenvalue weighted by molar-refractivity contribution is 5.89. The molecule has 0 radical (unpaired) electrons. The van der Waals surface area contributed by atoms with Gasteiger partial charge in [-0.05, 0) is 42.8 Å². The Morgan fingerprint density at radius 2 is 2.19 bits per heavy atom. The summed E-state index contributed by atoms with van der Waals surface area (Å²) in [4.78, 5) is 14.0. The van der Waals surface area contributed by atoms with Crippen LogP contribution in [0.1, 0.15) is 23.6 Å². The SMILES string of the molecule is CCNC(=O)Nc1ccc2c(c1)CN(Cc1cccc(C#N)c1)CCO2. The highest BCUT2D eigenvalue weighted by Gasteiger charge is 2.16. The molecular weight excluding hydrogens is 328 g/mol. The number of fused-ring (bicyclic) bond motifs is 1. The van der Waals surface area contributed by atoms with Gasteiger partial charge >= 0.3 is 6.03 Å². The molecule has 0 saturated heterocycles. The van der Waals surface area contributed by atoms with E-state index in [4.69, 9.17) is 10.00 Å². The third-order valence-corrected chi connectivity index (χ3v) is 4.18. The zero-order valence-corrected chi connectivity index (χ0v) is 14.8. The third kappa shape index (κ3) is 4.52. The standard InChI is InChI=1S/C20H22N4O2/c1-2-22-20(25)23-18-6-7-19-17(11-18)14-24(8-9-26-19)13-16-5-3-4-15(10-16)12-21/h3-7,10-11H,2,8-9,13-14H2,1H3,(H2,22,23,25). The smallest absolute Gasteiger partial charge is 0.319 e. The van der Waals surface area contributed by atoms with Gasteiger partial charge in [0.15, 0.2) is 0 Å². The molecule has 1 aliphatic heterocycles. The number of carbonyl (C=O) groups excluding carboxylic acids is 1. The average molecular weight is 350 g/mol. The first-order valence-electron chi connectivity index (χ1n) is 8.70. The summed E-state index contributed by atoms with van der Waals surface area (Å²) in [7, 11) is 0. The maximum Gasteiger partial charge on any atom is 0.319 e. The number of hydrogen-bond acceptors (Lipinski definition) is 4. The van der Waals surface area contributed by atoms with E-state index in [0.29, 0.717) is 18.7 Å². The molecule has 0 spiro atoms. The van der Waals surface area contributed by atoms with Crippen LogP contribution >= 0.6 is 0 Å². The van der Waals surface area contributed by atoms with Crippen LogP contribution in [0.3, 0.4) is 0 Å². The minimum atomic E-state index is -0.216. The van der Waals surface area contributed by atoms with Crippen LogP contribution in [0.25, 0.3) is 0 Å². The van der Waals surface area contributed by atoms with Gasteiger partial charge in [-0.1, -0.05) is 12.1 Å². The summed E-state index contributed by atoms with van der Waals surface area (Å²) in [6.07, 6.45) is 0. The highest BCUT2D eigenvalue weighted by atomic mass is 16.5. The van der Waals surface area contributed by atoms with E-state index in [2.05, 4.69) is 21.6 Å². The normalized spacial score (nSPS) is 13.7. The predicted octanol–water partition coefficient (Wildman–Crippen LogP) is 3.09. The van der Waals surface area contributed by atoms with Gasteiger partial charge in [-0.15, -0.1) is 0 Å². The summed E-state index contributed by atoms with van der Waals surface area (Å²) in [6, 6.07) is 15.3. The first-order valence-corrected chi connectivity index (χ1v) is 8.70. The van der Waals surface area contributed by atoms with Gasteiger partial charge < -0.3 is 15.4 Å². The molecule has 0 aliphatic carbocycles. The fraction of sp³-hybridized carbons (Fsp3) is 0.300. The maximum absolute atomic E-state index is 11.7. The first kappa shape index (κ1) is 17.8. The van der Waals surface area contributed by atoms with Crippen molar-refractivity contribution in [3.63, 3.8) is 0 Å². The highest BCUT2D eigenvalue weighted by Crippen LogP contribution is 2.27. The van der Waals surface area contributed by atoms with E-state index >= 15 is 0 Å². The van der Waals surface area contributed by atoms with E-state index in [-0.39, 0.29) is 6.03 Å². The van der Waals surface area contributed by atoms with E-state index in [1.807, 2.05) is 49.4 Å². The number of benzene rings is 2. The fourth-order valence-corrected chi connectivity index (χ4v) is 2.99. The second-order valence-corrected chi connectivity index (χ2v) is 6.18. The van der Waals surface area contributed by atoms with Crippen molar-refractivity contribution in [2.45, 2.75) is 20.0 Å². The van der Waals surface area contributed by atoms with E-state index in [1.54, 1.807) is 0 Å². The number of nitriles is 1. The van der Waals surface area contributed by atoms with Crippen LogP contribution in [0.2, 0.25) is 0 Å². The number of hydrogen-bond donors (Lipinski definition) is 2. The van der Waals surface area contributed by atoms with Crippen molar-refractivity contribution < 1.29 is 9.53 Å². The first-order chi connectivity index (χ1) is 12.7. The largest absolute Gasteiger partial charge is 0.492 e. The molecule has 0 fully saturated rings. The molecule has 1 heterocycles. The summed E-state index contributed by atoms with van der Waals surface area (Å²) in [5, 5.41) is 14.6. The Labute approximate surface area is 153 Å². The number of ether oxygens (including phenoxy) is 1. The number of rotatable bonds is 4. The molecule has 0 bridgehead atoms. The molecule has 6 nitrogen and oxygen atoms in total. The summed E-state index contributed by atoms with van der Waals surface area (Å²) < 4.78 is 5.85. The molecule has 0 atom stereocenters. The zero-order valence-electron chi connectivity index (χ0n) is 14.8. The van der Waals surface area contributed by atoms with Crippen molar-refractivity contribution in [3.05, 3.63) is 59.2 Å². The maximum atomic E-state index is 11.7. The number of urea groups is 1. The second-order valence-electron chi connectivity index (χ2n) is 6.18. The molecule has 2 aromatic rings. The molecule has 0 saturated carbocycles. The lowest BCUT2D eigenvalue weighted by Crippen LogP contribution is -2.28. The lowest BCUT2D eigenvalue weighted by molar-refractivity contribution is 0.219. The molecule has 26 heavy (non-hydrogen) atoms. The summed E-state index contributed by atoms with van der Waals surface area (Å²) in [6.45, 7) is 5.32. The van der Waals surface area contributed by atoms with E-state index < -0.39 is 0 Å². The van der Waals surface area contributed by atoms with Gasteiger partial charge in [0.25, 0.3) is 0 Å². The van der Waals surface area contributed by atoms with Crippen molar-refractivity contribution in [1.82, 2.24) is 10.2 Å². The van der Waals surface area contributed by atoms with Crippen molar-refractivity contribution in [2.24, 2.45) is 0 Å². The van der Waals surface area contributed by atoms with E-state index in [9.17, 15) is 4.79 Å². The predicted molar refractivity (Wildman–Crippen MR) is 99.9 cm³/mol. The second kappa shape index (κ2) is 8.37. The molecule has 1 aliphatic rings. The van der Waals surface area contributed by atoms with Crippen LogP contribution in [0.4, 0.5) is 10.5 Å². The van der Waals surface area contributed by atoms with Crippen LogP contribution in [-0.2, 0) is 13.1 Å². The van der Waals surface area contributed by atoms with Crippen molar-refractivity contribution >= 4 is 11.7 Å². The van der Waals surface area contributed by atoms with Crippen LogP contribution < -0.4 is 15.4 Å². The Morgan fingerprint density at radius 3 is 3.00 bits per heavy atom. The molecule has 134 valence electrons. The molecule has 2 aromatic carbocycles. The monoisotopic (exact) mass is 350 g/mol. The molecule has 2 amide bonds. The van der Waals surface area contributed by atoms with Gasteiger partial charge in [0.2, 0.25) is 0 Å². The van der Waals surface area contributed by atoms with Gasteiger partial charge in [-0.2, -0.15) is 5.26 Å². The third-order valence-electron chi connectivity index (χ3n) is 4.18. The molecule has 2 N–H and O–H groups in total. The molecule has 6 heteroatoms. The van der Waals surface area contributed by atoms with Crippen LogP contribution in [0.5, 0.6) is 5.75 Å². The summed E-state index contributed by atoms with van der Waals surface area (Å²) >= 11 is 0. The molecule has 3 rings (SSSR count). The summed E-state index contributed by atoms with van der Waals surface area (Å²) in [5.41, 5.74) is 3.55. The number of amides is 2. The topological polar surface area (TPSA) is 77.4 Å². The Hall–Kier alpha value is -3.04. The number of nitrogens with one attached hydrogen (secondary N) is 2. The molecule has 0 unspecified atom stereocenters. The van der Waals surface area contributed by atoms with Crippen LogP contribution in [-0.4, -0.2) is 30.6 Å². The molecule has 0 aromatic heterocycles. The van der Waals surface area contributed by atoms with Gasteiger partial charge in [-0.25, -0.2) is 4.79 Å². The molecular formula is C20H22N4O2. The van der Waals surface area contributed by atoms with Crippen molar-refractivity contribution in [1.29, 1.82) is 5.26 Å². The fourth-order valence-electron chi connectivity index (χ4n) is 2.99. The Balaban J connectivity index is 1.73. The Bertz CT molecular complexity index is 829. The van der Waals surface area contributed by atoms with Gasteiger partial charge in [0, 0.05) is 37.4 Å². The Kier molecular flexibility index (Phi) is 5.72. The van der Waals surface area contributed by atoms with Crippen molar-refractivity contribution in [2.75, 3.05) is 25.0 Å². The minimum absolute atomic E-state index is 0.216. The zero-order chi connectivity index (χ0) is 18.4. The van der Waals surface area contributed by atoms with Crippen molar-refractivity contribution in [3.8, 4) is 11.8 Å². The number of carbonyl (C=O) groups is 1. The van der Waals surface area contributed by atoms with E-state index in [1.165, 1.54) is 0 Å². The van der Waals surface area contributed by atoms with Crippen LogP contribution in [0, 0.1) is 11.3 Å². The lowest BCUT2D eigenvalue weighted by atomic mass is 10.1. The summed E-state index contributed by atoms with van der Waals surface area (Å²) in [5.74, 6) is 0.847. The van der Waals surface area contributed by atoms with Crippen LogP contribution in [0.15, 0.2) is 42.5 Å². The number of anilines is 1. The van der Waals surface area contributed by atoms with Gasteiger partial charge in [0.1, 0.15) is 12.4 Å². The minimum Gasteiger partial charge on any atom is -0.492 e. The number of nitrogens with zero attached hydrogens (tertiary/aromatic N) is 2. The Morgan fingerprint density at radius 1 is 1.31 bits per heavy atom. The lowest BCUT2D eigenvalue weighted by Gasteiger charge is -2.19. The quantitative estimate of drug-likeness (QED) is 0.888. The average Bonchev–Trinajstić information content (AvgIpc) is 2.83.